The van der Waals surface area contributed by atoms with Crippen molar-refractivity contribution in [2.45, 2.75) is 25.2 Å². The predicted octanol–water partition coefficient (Wildman–Crippen LogP) is 1.99. The number of carbonyl (C=O) groups excluding carboxylic acids is 1. The van der Waals surface area contributed by atoms with E-state index in [0.29, 0.717) is 13.1 Å². The first-order valence-electron chi connectivity index (χ1n) is 6.43. The molecule has 0 atom stereocenters. The molecule has 112 valence electrons. The number of rotatable bonds is 7. The minimum Gasteiger partial charge on any atom is -0.343 e. The number of carbonyl (C=O) groups is 1. The molecule has 0 saturated heterocycles. The second-order valence-corrected chi connectivity index (χ2v) is 6.85. The number of halogens is 1. The van der Waals surface area contributed by atoms with Gasteiger partial charge in [0, 0.05) is 30.5 Å². The van der Waals surface area contributed by atoms with Gasteiger partial charge in [0.2, 0.25) is 15.9 Å². The van der Waals surface area contributed by atoms with Gasteiger partial charge in [0.25, 0.3) is 0 Å². The Labute approximate surface area is 128 Å². The quantitative estimate of drug-likeness (QED) is 0.806. The summed E-state index contributed by atoms with van der Waals surface area (Å²) in [5.74, 6) is -0.0477. The highest BCUT2D eigenvalue weighted by Gasteiger charge is 2.15. The van der Waals surface area contributed by atoms with Crippen LogP contribution in [0.1, 0.15) is 20.3 Å². The van der Waals surface area contributed by atoms with Gasteiger partial charge in [-0.25, -0.2) is 13.1 Å². The maximum atomic E-state index is 12.0. The van der Waals surface area contributed by atoms with Gasteiger partial charge in [-0.1, -0.05) is 15.9 Å². The van der Waals surface area contributed by atoms with Crippen LogP contribution in [0.5, 0.6) is 0 Å². The van der Waals surface area contributed by atoms with Crippen LogP contribution in [-0.4, -0.2) is 38.9 Å². The average Bonchev–Trinajstić information content (AvgIpc) is 2.40. The Morgan fingerprint density at radius 3 is 2.25 bits per heavy atom. The van der Waals surface area contributed by atoms with E-state index in [1.807, 2.05) is 13.8 Å². The summed E-state index contributed by atoms with van der Waals surface area (Å²) in [6.45, 7) is 5.16. The van der Waals surface area contributed by atoms with Crippen LogP contribution in [-0.2, 0) is 14.8 Å². The third kappa shape index (κ3) is 4.88. The van der Waals surface area contributed by atoms with Gasteiger partial charge in [-0.05, 0) is 38.1 Å². The zero-order valence-corrected chi connectivity index (χ0v) is 14.0. The van der Waals surface area contributed by atoms with E-state index in [2.05, 4.69) is 20.7 Å². The molecule has 7 heteroatoms. The van der Waals surface area contributed by atoms with Crippen LogP contribution in [0, 0.1) is 0 Å². The molecule has 1 aromatic carbocycles. The number of nitrogens with one attached hydrogen (secondary N) is 1. The third-order valence-electron chi connectivity index (χ3n) is 2.87. The van der Waals surface area contributed by atoms with Gasteiger partial charge >= 0.3 is 0 Å². The lowest BCUT2D eigenvalue weighted by Crippen LogP contribution is -2.34. The largest absolute Gasteiger partial charge is 0.343 e. The maximum Gasteiger partial charge on any atom is 0.240 e. The summed E-state index contributed by atoms with van der Waals surface area (Å²) in [6.07, 6.45) is 0.164. The fourth-order valence-corrected chi connectivity index (χ4v) is 3.02. The number of nitrogens with zero attached hydrogens (tertiary/aromatic N) is 1. The molecule has 0 spiro atoms. The SMILES string of the molecule is CCN(CC)C(=O)CCNS(=O)(=O)c1ccc(Br)cc1. The van der Waals surface area contributed by atoms with Gasteiger partial charge in [-0.3, -0.25) is 4.79 Å². The van der Waals surface area contributed by atoms with Crippen LogP contribution < -0.4 is 4.72 Å². The van der Waals surface area contributed by atoms with Crippen molar-refractivity contribution in [1.82, 2.24) is 9.62 Å². The molecule has 0 heterocycles. The van der Waals surface area contributed by atoms with Crippen molar-refractivity contribution in [2.24, 2.45) is 0 Å². The van der Waals surface area contributed by atoms with Crippen molar-refractivity contribution in [1.29, 1.82) is 0 Å². The van der Waals surface area contributed by atoms with E-state index in [-0.39, 0.29) is 23.8 Å². The highest BCUT2D eigenvalue weighted by atomic mass is 79.9. The lowest BCUT2D eigenvalue weighted by molar-refractivity contribution is -0.130. The van der Waals surface area contributed by atoms with Gasteiger partial charge in [0.15, 0.2) is 0 Å². The number of benzene rings is 1. The third-order valence-corrected chi connectivity index (χ3v) is 4.88. The van der Waals surface area contributed by atoms with Crippen molar-refractivity contribution in [2.75, 3.05) is 19.6 Å². The molecule has 0 aliphatic rings. The highest BCUT2D eigenvalue weighted by Crippen LogP contribution is 2.14. The van der Waals surface area contributed by atoms with Crippen molar-refractivity contribution in [3.8, 4) is 0 Å². The first kappa shape index (κ1) is 17.1. The lowest BCUT2D eigenvalue weighted by Gasteiger charge is -2.18. The van der Waals surface area contributed by atoms with Gasteiger partial charge in [0.05, 0.1) is 4.90 Å². The topological polar surface area (TPSA) is 66.5 Å². The molecule has 0 saturated carbocycles. The molecule has 0 fully saturated rings. The molecule has 5 nitrogen and oxygen atoms in total. The Balaban J connectivity index is 2.56. The van der Waals surface area contributed by atoms with E-state index in [1.54, 1.807) is 17.0 Å². The maximum absolute atomic E-state index is 12.0. The fourth-order valence-electron chi connectivity index (χ4n) is 1.72. The van der Waals surface area contributed by atoms with E-state index >= 15 is 0 Å². The molecule has 0 aliphatic carbocycles. The Kier molecular flexibility index (Phi) is 6.64. The van der Waals surface area contributed by atoms with Gasteiger partial charge in [-0.2, -0.15) is 0 Å². The van der Waals surface area contributed by atoms with Crippen LogP contribution in [0.2, 0.25) is 0 Å². The van der Waals surface area contributed by atoms with Gasteiger partial charge in [0.1, 0.15) is 0 Å². The van der Waals surface area contributed by atoms with Crippen molar-refractivity contribution < 1.29 is 13.2 Å². The molecule has 0 aliphatic heterocycles. The summed E-state index contributed by atoms with van der Waals surface area (Å²) in [6, 6.07) is 6.35. The van der Waals surface area contributed by atoms with Crippen LogP contribution in [0.3, 0.4) is 0 Å². The number of hydrogen-bond donors (Lipinski definition) is 1. The Morgan fingerprint density at radius 1 is 1.20 bits per heavy atom. The molecule has 1 aromatic rings. The molecule has 20 heavy (non-hydrogen) atoms. The zero-order valence-electron chi connectivity index (χ0n) is 11.6. The molecule has 1 rings (SSSR count). The van der Waals surface area contributed by atoms with Crippen molar-refractivity contribution in [3.05, 3.63) is 28.7 Å². The molecule has 0 aromatic heterocycles. The van der Waals surface area contributed by atoms with E-state index in [4.69, 9.17) is 0 Å². The summed E-state index contributed by atoms with van der Waals surface area (Å²) in [5, 5.41) is 0. The van der Waals surface area contributed by atoms with Gasteiger partial charge < -0.3 is 4.90 Å². The molecule has 0 radical (unpaired) electrons. The molecular formula is C13H19BrN2O3S. The summed E-state index contributed by atoms with van der Waals surface area (Å²) in [7, 11) is -3.55. The van der Waals surface area contributed by atoms with E-state index in [0.717, 1.165) is 4.47 Å². The smallest absolute Gasteiger partial charge is 0.240 e. The molecule has 0 bridgehead atoms. The highest BCUT2D eigenvalue weighted by molar-refractivity contribution is 9.10. The molecule has 1 amide bonds. The van der Waals surface area contributed by atoms with E-state index in [9.17, 15) is 13.2 Å². The summed E-state index contributed by atoms with van der Waals surface area (Å²) >= 11 is 3.25. The minimum atomic E-state index is -3.55. The minimum absolute atomic E-state index is 0.0477. The zero-order chi connectivity index (χ0) is 15.2. The van der Waals surface area contributed by atoms with Crippen molar-refractivity contribution >= 4 is 31.9 Å². The first-order valence-corrected chi connectivity index (χ1v) is 8.71. The average molecular weight is 363 g/mol. The summed E-state index contributed by atoms with van der Waals surface area (Å²) in [4.78, 5) is 13.6. The van der Waals surface area contributed by atoms with E-state index < -0.39 is 10.0 Å². The lowest BCUT2D eigenvalue weighted by atomic mass is 10.3. The van der Waals surface area contributed by atoms with Crippen LogP contribution in [0.4, 0.5) is 0 Å². The van der Waals surface area contributed by atoms with Crippen molar-refractivity contribution in [3.63, 3.8) is 0 Å². The predicted molar refractivity (Wildman–Crippen MR) is 81.9 cm³/mol. The second-order valence-electron chi connectivity index (χ2n) is 4.17. The number of amides is 1. The fraction of sp³-hybridized carbons (Fsp3) is 0.462. The van der Waals surface area contributed by atoms with E-state index in [1.165, 1.54) is 12.1 Å². The standard InChI is InChI=1S/C13H19BrN2O3S/c1-3-16(4-2)13(17)9-10-15-20(18,19)12-7-5-11(14)6-8-12/h5-8,15H,3-4,9-10H2,1-2H3. The molecule has 0 unspecified atom stereocenters. The van der Waals surface area contributed by atoms with Crippen LogP contribution in [0.25, 0.3) is 0 Å². The monoisotopic (exact) mass is 362 g/mol. The molecule has 1 N–H and O–H groups in total. The Bertz CT molecular complexity index is 539. The normalized spacial score (nSPS) is 11.3. The number of hydrogen-bond acceptors (Lipinski definition) is 3. The van der Waals surface area contributed by atoms with Crippen LogP contribution >= 0.6 is 15.9 Å². The summed E-state index contributed by atoms with van der Waals surface area (Å²) < 4.78 is 27.2. The second kappa shape index (κ2) is 7.75. The Morgan fingerprint density at radius 2 is 1.75 bits per heavy atom. The Hall–Kier alpha value is -0.920. The molecular weight excluding hydrogens is 344 g/mol. The first-order chi connectivity index (χ1) is 9.40. The van der Waals surface area contributed by atoms with Crippen LogP contribution in [0.15, 0.2) is 33.6 Å². The summed E-state index contributed by atoms with van der Waals surface area (Å²) in [5.41, 5.74) is 0. The number of sulfonamides is 1. The van der Waals surface area contributed by atoms with Gasteiger partial charge in [-0.15, -0.1) is 0 Å².